The molecule has 9 heteroatoms. The first kappa shape index (κ1) is 23.5. The number of hydrogen-bond acceptors (Lipinski definition) is 7. The van der Waals surface area contributed by atoms with Gasteiger partial charge < -0.3 is 9.64 Å². The molecule has 3 heterocycles. The summed E-state index contributed by atoms with van der Waals surface area (Å²) >= 11 is 1.82. The van der Waals surface area contributed by atoms with Crippen molar-refractivity contribution in [3.05, 3.63) is 40.5 Å². The molecule has 0 radical (unpaired) electrons. The molecule has 0 N–H and O–H groups in total. The number of benzene rings is 1. The smallest absolute Gasteiger partial charge is 0.243 e. The van der Waals surface area contributed by atoms with Crippen LogP contribution in [0.3, 0.4) is 0 Å². The van der Waals surface area contributed by atoms with E-state index in [4.69, 9.17) is 14.7 Å². The Balaban J connectivity index is 1.44. The Hall–Kier alpha value is -2.23. The van der Waals surface area contributed by atoms with Crippen LogP contribution in [0.4, 0.5) is 5.82 Å². The summed E-state index contributed by atoms with van der Waals surface area (Å²) in [6.45, 7) is 8.66. The summed E-state index contributed by atoms with van der Waals surface area (Å²) in [5, 5.41) is 1.20. The molecule has 0 spiro atoms. The second kappa shape index (κ2) is 9.09. The number of sulfonamides is 1. The number of thiophene rings is 1. The van der Waals surface area contributed by atoms with Crippen molar-refractivity contribution >= 4 is 37.4 Å². The van der Waals surface area contributed by atoms with Gasteiger partial charge >= 0.3 is 0 Å². The van der Waals surface area contributed by atoms with E-state index in [1.54, 1.807) is 35.7 Å². The Morgan fingerprint density at radius 1 is 1.09 bits per heavy atom. The molecule has 0 saturated carbocycles. The third-order valence-corrected chi connectivity index (χ3v) is 9.97. The fourth-order valence-corrected chi connectivity index (χ4v) is 7.67. The Bertz CT molecular complexity index is 1290. The average molecular weight is 501 g/mol. The standard InChI is InChI=1S/C25H32N4O3S2/c1-16(2)23-26-24(22-20-10-5-17(3)15-21(20)33-25(22)27-23)28-11-13-29(14-12-28)34(30,31)19-8-6-18(32-4)7-9-19/h6-9,16-17H,5,10-15H2,1-4H3/t17-/m1/s1. The number of aryl methyl sites for hydroxylation is 1. The Morgan fingerprint density at radius 3 is 2.44 bits per heavy atom. The van der Waals surface area contributed by atoms with Gasteiger partial charge in [-0.2, -0.15) is 4.31 Å². The number of aromatic nitrogens is 2. The van der Waals surface area contributed by atoms with Gasteiger partial charge in [0.05, 0.1) is 17.4 Å². The Kier molecular flexibility index (Phi) is 6.29. The number of rotatable bonds is 5. The van der Waals surface area contributed by atoms with E-state index in [2.05, 4.69) is 25.7 Å². The summed E-state index contributed by atoms with van der Waals surface area (Å²) in [7, 11) is -1.97. The monoisotopic (exact) mass is 500 g/mol. The third-order valence-electron chi connectivity index (χ3n) is 6.91. The fourth-order valence-electron chi connectivity index (χ4n) is 4.86. The minimum absolute atomic E-state index is 0.234. The van der Waals surface area contributed by atoms with Crippen LogP contribution in [0.1, 0.15) is 49.4 Å². The highest BCUT2D eigenvalue weighted by atomic mass is 32.2. The summed E-state index contributed by atoms with van der Waals surface area (Å²) in [6.07, 6.45) is 3.37. The third kappa shape index (κ3) is 4.18. The number of nitrogens with zero attached hydrogens (tertiary/aromatic N) is 4. The highest BCUT2D eigenvalue weighted by molar-refractivity contribution is 7.89. The summed E-state index contributed by atoms with van der Waals surface area (Å²) < 4.78 is 33.2. The second-order valence-electron chi connectivity index (χ2n) is 9.66. The van der Waals surface area contributed by atoms with E-state index >= 15 is 0 Å². The largest absolute Gasteiger partial charge is 0.497 e. The molecular formula is C25H32N4O3S2. The SMILES string of the molecule is COc1ccc(S(=O)(=O)N2CCN(c3nc(C(C)C)nc4sc5c(c34)CC[C@@H](C)C5)CC2)cc1. The lowest BCUT2D eigenvalue weighted by Gasteiger charge is -2.35. The summed E-state index contributed by atoms with van der Waals surface area (Å²) in [6, 6.07) is 6.60. The van der Waals surface area contributed by atoms with Crippen molar-refractivity contribution < 1.29 is 13.2 Å². The molecule has 0 unspecified atom stereocenters. The van der Waals surface area contributed by atoms with Gasteiger partial charge in [0.2, 0.25) is 10.0 Å². The van der Waals surface area contributed by atoms with Crippen LogP contribution in [0, 0.1) is 5.92 Å². The first-order valence-electron chi connectivity index (χ1n) is 12.0. The molecule has 2 aromatic heterocycles. The lowest BCUT2D eigenvalue weighted by atomic mass is 9.89. The van der Waals surface area contributed by atoms with Crippen molar-refractivity contribution in [1.82, 2.24) is 14.3 Å². The predicted octanol–water partition coefficient (Wildman–Crippen LogP) is 4.46. The van der Waals surface area contributed by atoms with E-state index in [-0.39, 0.29) is 5.92 Å². The maximum absolute atomic E-state index is 13.2. The first-order chi connectivity index (χ1) is 16.3. The van der Waals surface area contributed by atoms with E-state index in [9.17, 15) is 8.42 Å². The molecule has 182 valence electrons. The summed E-state index contributed by atoms with van der Waals surface area (Å²) in [5.41, 5.74) is 1.41. The molecule has 2 aliphatic rings. The van der Waals surface area contributed by atoms with Crippen LogP contribution < -0.4 is 9.64 Å². The Labute approximate surface area is 205 Å². The van der Waals surface area contributed by atoms with Crippen LogP contribution in [0.5, 0.6) is 5.75 Å². The molecule has 3 aromatic rings. The molecular weight excluding hydrogens is 468 g/mol. The van der Waals surface area contributed by atoms with Crippen molar-refractivity contribution in [2.24, 2.45) is 5.92 Å². The lowest BCUT2D eigenvalue weighted by Crippen LogP contribution is -2.49. The number of ether oxygens (including phenoxy) is 1. The van der Waals surface area contributed by atoms with Gasteiger partial charge in [-0.25, -0.2) is 18.4 Å². The molecule has 34 heavy (non-hydrogen) atoms. The zero-order chi connectivity index (χ0) is 24.0. The van der Waals surface area contributed by atoms with E-state index in [0.29, 0.717) is 42.7 Å². The Morgan fingerprint density at radius 2 is 1.79 bits per heavy atom. The van der Waals surface area contributed by atoms with Crippen LogP contribution in [0.2, 0.25) is 0 Å². The number of hydrogen-bond donors (Lipinski definition) is 0. The molecule has 1 saturated heterocycles. The van der Waals surface area contributed by atoms with Gasteiger partial charge in [-0.1, -0.05) is 20.8 Å². The number of piperazine rings is 1. The van der Waals surface area contributed by atoms with E-state index in [0.717, 1.165) is 29.3 Å². The quantitative estimate of drug-likeness (QED) is 0.515. The molecule has 0 amide bonds. The molecule has 1 atom stereocenters. The number of methoxy groups -OCH3 is 1. The number of anilines is 1. The van der Waals surface area contributed by atoms with Crippen LogP contribution in [-0.4, -0.2) is 56.0 Å². The van der Waals surface area contributed by atoms with Gasteiger partial charge in [-0.05, 0) is 55.0 Å². The highest BCUT2D eigenvalue weighted by Gasteiger charge is 2.32. The summed E-state index contributed by atoms with van der Waals surface area (Å²) in [5.74, 6) is 3.43. The predicted molar refractivity (Wildman–Crippen MR) is 137 cm³/mol. The summed E-state index contributed by atoms with van der Waals surface area (Å²) in [4.78, 5) is 15.1. The zero-order valence-electron chi connectivity index (χ0n) is 20.2. The molecule has 1 fully saturated rings. The van der Waals surface area contributed by atoms with Gasteiger partial charge in [0.15, 0.2) is 0 Å². The molecule has 7 nitrogen and oxygen atoms in total. The van der Waals surface area contributed by atoms with Gasteiger partial charge in [-0.15, -0.1) is 11.3 Å². The van der Waals surface area contributed by atoms with Gasteiger partial charge in [0.1, 0.15) is 22.2 Å². The minimum atomic E-state index is -3.55. The van der Waals surface area contributed by atoms with Crippen molar-refractivity contribution in [1.29, 1.82) is 0 Å². The molecule has 1 aliphatic heterocycles. The van der Waals surface area contributed by atoms with Crippen molar-refractivity contribution in [3.8, 4) is 5.75 Å². The molecule has 0 bridgehead atoms. The van der Waals surface area contributed by atoms with Crippen LogP contribution >= 0.6 is 11.3 Å². The van der Waals surface area contributed by atoms with Crippen molar-refractivity contribution in [2.75, 3.05) is 38.2 Å². The van der Waals surface area contributed by atoms with Gasteiger partial charge in [0, 0.05) is 37.0 Å². The van der Waals surface area contributed by atoms with Crippen molar-refractivity contribution in [2.45, 2.75) is 50.8 Å². The average Bonchev–Trinajstić information content (AvgIpc) is 3.21. The normalized spacial score (nSPS) is 19.6. The van der Waals surface area contributed by atoms with E-state index in [1.807, 2.05) is 11.3 Å². The maximum atomic E-state index is 13.2. The highest BCUT2D eigenvalue weighted by Crippen LogP contribution is 2.41. The van der Waals surface area contributed by atoms with Crippen molar-refractivity contribution in [3.63, 3.8) is 0 Å². The van der Waals surface area contributed by atoms with Crippen LogP contribution in [0.15, 0.2) is 29.2 Å². The first-order valence-corrected chi connectivity index (χ1v) is 14.2. The number of fused-ring (bicyclic) bond motifs is 3. The van der Waals surface area contributed by atoms with E-state index < -0.39 is 10.0 Å². The molecule has 5 rings (SSSR count). The second-order valence-corrected chi connectivity index (χ2v) is 12.7. The fraction of sp³-hybridized carbons (Fsp3) is 0.520. The van der Waals surface area contributed by atoms with Crippen LogP contribution in [-0.2, 0) is 22.9 Å². The molecule has 1 aliphatic carbocycles. The zero-order valence-corrected chi connectivity index (χ0v) is 21.9. The van der Waals surface area contributed by atoms with E-state index in [1.165, 1.54) is 22.2 Å². The van der Waals surface area contributed by atoms with Gasteiger partial charge in [0.25, 0.3) is 0 Å². The van der Waals surface area contributed by atoms with Gasteiger partial charge in [-0.3, -0.25) is 0 Å². The lowest BCUT2D eigenvalue weighted by molar-refractivity contribution is 0.383. The topological polar surface area (TPSA) is 75.6 Å². The van der Waals surface area contributed by atoms with Crippen LogP contribution in [0.25, 0.3) is 10.2 Å². The maximum Gasteiger partial charge on any atom is 0.243 e. The minimum Gasteiger partial charge on any atom is -0.497 e. The molecule has 1 aromatic carbocycles.